The Kier molecular flexibility index (Phi) is 1.80. The molecular formula is C8H8F4O4. The molecule has 0 atom stereocenters. The molecule has 3 fully saturated rings. The molecule has 0 N–H and O–H groups in total. The predicted octanol–water partition coefficient (Wildman–Crippen LogP) is 0.757. The third kappa shape index (κ3) is 0.746. The van der Waals surface area contributed by atoms with Crippen LogP contribution in [0.4, 0.5) is 17.6 Å². The van der Waals surface area contributed by atoms with Gasteiger partial charge in [0.15, 0.2) is 0 Å². The zero-order valence-electron chi connectivity index (χ0n) is 7.97. The van der Waals surface area contributed by atoms with Crippen molar-refractivity contribution in [3.05, 3.63) is 0 Å². The monoisotopic (exact) mass is 244 g/mol. The standard InChI is InChI=1S/C8H8F4O4/c9-5(10)7(13-1-2-14-7)6(11,12)8(5)15-3-4-16-8/h1-4H2. The third-order valence-corrected chi connectivity index (χ3v) is 3.04. The van der Waals surface area contributed by atoms with Crippen LogP contribution in [0.3, 0.4) is 0 Å². The molecule has 0 bridgehead atoms. The van der Waals surface area contributed by atoms with Crippen molar-refractivity contribution in [2.24, 2.45) is 0 Å². The first-order valence-corrected chi connectivity index (χ1v) is 4.73. The van der Waals surface area contributed by atoms with Gasteiger partial charge in [-0.1, -0.05) is 0 Å². The molecule has 1 aliphatic carbocycles. The van der Waals surface area contributed by atoms with Crippen LogP contribution in [0.25, 0.3) is 0 Å². The van der Waals surface area contributed by atoms with Gasteiger partial charge in [-0.05, 0) is 0 Å². The summed E-state index contributed by atoms with van der Waals surface area (Å²) in [5.74, 6) is -14.5. The van der Waals surface area contributed by atoms with Crippen LogP contribution in [0.2, 0.25) is 0 Å². The third-order valence-electron chi connectivity index (χ3n) is 3.04. The fourth-order valence-corrected chi connectivity index (χ4v) is 2.32. The zero-order chi connectivity index (χ0) is 11.7. The van der Waals surface area contributed by atoms with Crippen molar-refractivity contribution < 1.29 is 36.5 Å². The summed E-state index contributed by atoms with van der Waals surface area (Å²) in [5.41, 5.74) is 0. The lowest BCUT2D eigenvalue weighted by Crippen LogP contribution is -2.90. The van der Waals surface area contributed by atoms with Gasteiger partial charge in [0, 0.05) is 0 Å². The molecule has 0 unspecified atom stereocenters. The zero-order valence-corrected chi connectivity index (χ0v) is 7.97. The van der Waals surface area contributed by atoms with E-state index in [-0.39, 0.29) is 26.4 Å². The highest BCUT2D eigenvalue weighted by atomic mass is 19.3. The van der Waals surface area contributed by atoms with Crippen molar-refractivity contribution in [3.8, 4) is 0 Å². The minimum Gasteiger partial charge on any atom is -0.337 e. The van der Waals surface area contributed by atoms with Crippen molar-refractivity contribution in [2.75, 3.05) is 26.4 Å². The summed E-state index contributed by atoms with van der Waals surface area (Å²) >= 11 is 0. The van der Waals surface area contributed by atoms with Crippen LogP contribution in [0.1, 0.15) is 0 Å². The topological polar surface area (TPSA) is 36.9 Å². The summed E-state index contributed by atoms with van der Waals surface area (Å²) in [5, 5.41) is 0. The summed E-state index contributed by atoms with van der Waals surface area (Å²) in [6.45, 7) is -1.22. The van der Waals surface area contributed by atoms with Crippen LogP contribution >= 0.6 is 0 Å². The molecule has 0 amide bonds. The Hall–Kier alpha value is -0.440. The van der Waals surface area contributed by atoms with Gasteiger partial charge in [0.05, 0.1) is 26.4 Å². The van der Waals surface area contributed by atoms with E-state index in [0.717, 1.165) is 0 Å². The van der Waals surface area contributed by atoms with Gasteiger partial charge in [-0.2, -0.15) is 17.6 Å². The van der Waals surface area contributed by atoms with Gasteiger partial charge in [-0.15, -0.1) is 0 Å². The highest BCUT2D eigenvalue weighted by Gasteiger charge is 3.01. The Labute approximate surface area is 87.4 Å². The Morgan fingerprint density at radius 1 is 0.562 bits per heavy atom. The van der Waals surface area contributed by atoms with Crippen LogP contribution in [0.15, 0.2) is 0 Å². The molecule has 1 saturated carbocycles. The van der Waals surface area contributed by atoms with E-state index < -0.39 is 23.4 Å². The number of hydrogen-bond acceptors (Lipinski definition) is 4. The summed E-state index contributed by atoms with van der Waals surface area (Å²) in [7, 11) is 0. The minimum atomic E-state index is -4.03. The maximum Gasteiger partial charge on any atom is 0.366 e. The van der Waals surface area contributed by atoms with Crippen LogP contribution in [-0.2, 0) is 18.9 Å². The minimum absolute atomic E-state index is 0.304. The summed E-state index contributed by atoms with van der Waals surface area (Å²) in [6.07, 6.45) is 0. The quantitative estimate of drug-likeness (QED) is 0.589. The maximum atomic E-state index is 13.8. The summed E-state index contributed by atoms with van der Waals surface area (Å²) < 4.78 is 72.7. The van der Waals surface area contributed by atoms with Gasteiger partial charge >= 0.3 is 23.4 Å². The molecule has 2 spiro atoms. The Morgan fingerprint density at radius 3 is 1.06 bits per heavy atom. The van der Waals surface area contributed by atoms with Gasteiger partial charge in [-0.3, -0.25) is 0 Å². The SMILES string of the molecule is FC1(F)C2(OCCO2)C(F)(F)C12OCCO2. The lowest BCUT2D eigenvalue weighted by atomic mass is 9.74. The molecule has 0 aromatic rings. The molecule has 0 aromatic carbocycles. The Bertz CT molecular complexity index is 272. The van der Waals surface area contributed by atoms with Gasteiger partial charge in [0.1, 0.15) is 0 Å². The van der Waals surface area contributed by atoms with Crippen LogP contribution in [-0.4, -0.2) is 49.8 Å². The van der Waals surface area contributed by atoms with E-state index in [1.807, 2.05) is 0 Å². The summed E-state index contributed by atoms with van der Waals surface area (Å²) in [4.78, 5) is 0. The van der Waals surface area contributed by atoms with Gasteiger partial charge in [0.25, 0.3) is 0 Å². The lowest BCUT2D eigenvalue weighted by Gasteiger charge is -2.59. The molecule has 0 aromatic heterocycles. The molecule has 4 nitrogen and oxygen atoms in total. The van der Waals surface area contributed by atoms with Crippen molar-refractivity contribution in [3.63, 3.8) is 0 Å². The second-order valence-electron chi connectivity index (χ2n) is 3.78. The van der Waals surface area contributed by atoms with E-state index in [2.05, 4.69) is 18.9 Å². The maximum absolute atomic E-state index is 13.8. The average Bonchev–Trinajstić information content (AvgIpc) is 2.89. The van der Waals surface area contributed by atoms with Crippen LogP contribution in [0.5, 0.6) is 0 Å². The fraction of sp³-hybridized carbons (Fsp3) is 1.00. The van der Waals surface area contributed by atoms with E-state index >= 15 is 0 Å². The first kappa shape index (κ1) is 10.7. The smallest absolute Gasteiger partial charge is 0.337 e. The molecular weight excluding hydrogens is 236 g/mol. The van der Waals surface area contributed by atoms with Crippen molar-refractivity contribution in [1.82, 2.24) is 0 Å². The second-order valence-corrected chi connectivity index (χ2v) is 3.78. The normalized spacial score (nSPS) is 36.8. The highest BCUT2D eigenvalue weighted by Crippen LogP contribution is 2.69. The lowest BCUT2D eigenvalue weighted by molar-refractivity contribution is -0.569. The van der Waals surface area contributed by atoms with E-state index in [9.17, 15) is 17.6 Å². The second kappa shape index (κ2) is 2.69. The average molecular weight is 244 g/mol. The van der Waals surface area contributed by atoms with E-state index in [1.54, 1.807) is 0 Å². The molecule has 8 heteroatoms. The number of hydrogen-bond donors (Lipinski definition) is 0. The number of ether oxygens (including phenoxy) is 4. The molecule has 0 radical (unpaired) electrons. The van der Waals surface area contributed by atoms with Crippen molar-refractivity contribution in [1.29, 1.82) is 0 Å². The highest BCUT2D eigenvalue weighted by molar-refractivity contribution is 5.26. The first-order valence-electron chi connectivity index (χ1n) is 4.73. The van der Waals surface area contributed by atoms with E-state index in [4.69, 9.17) is 0 Å². The summed E-state index contributed by atoms with van der Waals surface area (Å²) in [6, 6.07) is 0. The fourth-order valence-electron chi connectivity index (χ4n) is 2.32. The Morgan fingerprint density at radius 2 is 0.812 bits per heavy atom. The van der Waals surface area contributed by atoms with Gasteiger partial charge in [-0.25, -0.2) is 0 Å². The molecule has 2 heterocycles. The molecule has 92 valence electrons. The van der Waals surface area contributed by atoms with Gasteiger partial charge in [0.2, 0.25) is 0 Å². The number of rotatable bonds is 0. The molecule has 3 aliphatic rings. The molecule has 3 rings (SSSR count). The first-order chi connectivity index (χ1) is 7.41. The largest absolute Gasteiger partial charge is 0.366 e. The molecule has 2 saturated heterocycles. The van der Waals surface area contributed by atoms with Gasteiger partial charge < -0.3 is 18.9 Å². The van der Waals surface area contributed by atoms with E-state index in [0.29, 0.717) is 0 Å². The van der Waals surface area contributed by atoms with Crippen LogP contribution < -0.4 is 0 Å². The number of alkyl halides is 4. The molecule has 2 aliphatic heterocycles. The van der Waals surface area contributed by atoms with Crippen LogP contribution in [0, 0.1) is 0 Å². The van der Waals surface area contributed by atoms with Crippen molar-refractivity contribution >= 4 is 0 Å². The van der Waals surface area contributed by atoms with Crippen molar-refractivity contribution in [2.45, 2.75) is 23.4 Å². The number of halogens is 4. The molecule has 16 heavy (non-hydrogen) atoms. The van der Waals surface area contributed by atoms with E-state index in [1.165, 1.54) is 0 Å². The predicted molar refractivity (Wildman–Crippen MR) is 39.2 cm³/mol. The Balaban J connectivity index is 2.06.